The van der Waals surface area contributed by atoms with Gasteiger partial charge in [0.2, 0.25) is 0 Å². The minimum Gasteiger partial charge on any atom is -0.692 e. The van der Waals surface area contributed by atoms with Gasteiger partial charge in [-0.05, 0) is 16.9 Å². The Morgan fingerprint density at radius 2 is 1.89 bits per heavy atom. The molecule has 138 valence electrons. The first-order valence-electron chi connectivity index (χ1n) is 6.68. The van der Waals surface area contributed by atoms with Gasteiger partial charge >= 0.3 is 6.18 Å². The van der Waals surface area contributed by atoms with E-state index in [1.807, 2.05) is 0 Å². The molecule has 2 rings (SSSR count). The van der Waals surface area contributed by atoms with E-state index in [1.54, 1.807) is 6.07 Å². The highest BCUT2D eigenvalue weighted by Crippen LogP contribution is 2.36. The Bertz CT molecular complexity index is 1020. The van der Waals surface area contributed by atoms with Crippen LogP contribution in [0.5, 0.6) is 0 Å². The lowest BCUT2D eigenvalue weighted by molar-refractivity contribution is -0.688. The maximum absolute atomic E-state index is 12.8. The summed E-state index contributed by atoms with van der Waals surface area (Å²) in [5.74, 6) is 0. The van der Waals surface area contributed by atoms with E-state index in [2.05, 4.69) is 10.1 Å². The molecule has 2 aromatic rings. The fourth-order valence-corrected chi connectivity index (χ4v) is 2.46. The van der Waals surface area contributed by atoms with Gasteiger partial charge in [-0.2, -0.15) is 28.5 Å². The van der Waals surface area contributed by atoms with Crippen molar-refractivity contribution in [3.05, 3.63) is 56.2 Å². The number of alkyl halides is 3. The standard InChI is InChI=1S/C14H6Cl2F3N7O/c15-9-1-7(14(17,18)19)2-10(16)13(9)26-24-8(6-25(26)27)5-23-12(4-21)11(22)3-20/h1-2,5-6H,22H2. The van der Waals surface area contributed by atoms with Gasteiger partial charge in [0.15, 0.2) is 17.6 Å². The minimum absolute atomic E-state index is 0.101. The molecule has 0 atom stereocenters. The van der Waals surface area contributed by atoms with E-state index in [-0.39, 0.29) is 16.2 Å². The Labute approximate surface area is 159 Å². The van der Waals surface area contributed by atoms with E-state index >= 15 is 0 Å². The highest BCUT2D eigenvalue weighted by Gasteiger charge is 2.33. The van der Waals surface area contributed by atoms with Crippen LogP contribution in [0.2, 0.25) is 10.0 Å². The number of nitriles is 2. The number of aliphatic imine (C=N–C) groups is 1. The Hall–Kier alpha value is -3.28. The molecular formula is C14H6Cl2F3N7O. The zero-order chi connectivity index (χ0) is 20.4. The summed E-state index contributed by atoms with van der Waals surface area (Å²) in [6.45, 7) is 0. The predicted octanol–water partition coefficient (Wildman–Crippen LogP) is 2.47. The maximum atomic E-state index is 12.8. The molecule has 1 aromatic heterocycles. The summed E-state index contributed by atoms with van der Waals surface area (Å²) in [5.41, 5.74) is 2.94. The topological polar surface area (TPSA) is 131 Å². The first kappa shape index (κ1) is 20.0. The molecule has 0 saturated carbocycles. The summed E-state index contributed by atoms with van der Waals surface area (Å²) in [4.78, 5) is 4.38. The summed E-state index contributed by atoms with van der Waals surface area (Å²) >= 11 is 11.7. The van der Waals surface area contributed by atoms with Crippen molar-refractivity contribution in [1.29, 1.82) is 10.5 Å². The molecule has 0 spiro atoms. The first-order valence-corrected chi connectivity index (χ1v) is 7.44. The average Bonchev–Trinajstić information content (AvgIpc) is 2.94. The molecule has 1 aromatic carbocycles. The largest absolute Gasteiger partial charge is 0.692 e. The van der Waals surface area contributed by atoms with E-state index < -0.39 is 33.2 Å². The number of hydrogen-bond donors (Lipinski definition) is 1. The molecule has 0 unspecified atom stereocenters. The average molecular weight is 416 g/mol. The Kier molecular flexibility index (Phi) is 5.59. The summed E-state index contributed by atoms with van der Waals surface area (Å²) < 4.78 is 38.3. The summed E-state index contributed by atoms with van der Waals surface area (Å²) in [7, 11) is 0. The van der Waals surface area contributed by atoms with Crippen molar-refractivity contribution in [3.8, 4) is 17.8 Å². The van der Waals surface area contributed by atoms with Gasteiger partial charge < -0.3 is 10.9 Å². The summed E-state index contributed by atoms with van der Waals surface area (Å²) in [6, 6.07) is 4.31. The Morgan fingerprint density at radius 1 is 1.30 bits per heavy atom. The molecule has 0 fully saturated rings. The highest BCUT2D eigenvalue weighted by atomic mass is 35.5. The second-order valence-corrected chi connectivity index (χ2v) is 5.59. The minimum atomic E-state index is -4.68. The third kappa shape index (κ3) is 4.28. The molecule has 0 bridgehead atoms. The monoisotopic (exact) mass is 415 g/mol. The van der Waals surface area contributed by atoms with Crippen LogP contribution in [0.25, 0.3) is 5.69 Å². The molecule has 0 amide bonds. The number of rotatable bonds is 3. The van der Waals surface area contributed by atoms with E-state index in [9.17, 15) is 18.4 Å². The van der Waals surface area contributed by atoms with Crippen LogP contribution < -0.4 is 10.6 Å². The van der Waals surface area contributed by atoms with E-state index in [0.29, 0.717) is 16.9 Å². The Morgan fingerprint density at radius 3 is 2.37 bits per heavy atom. The zero-order valence-corrected chi connectivity index (χ0v) is 14.4. The fraction of sp³-hybridized carbons (Fsp3) is 0.0714. The quantitative estimate of drug-likeness (QED) is 0.356. The molecule has 27 heavy (non-hydrogen) atoms. The highest BCUT2D eigenvalue weighted by molar-refractivity contribution is 6.37. The number of halogens is 5. The molecule has 0 saturated heterocycles. The third-order valence-corrected chi connectivity index (χ3v) is 3.57. The van der Waals surface area contributed by atoms with Gasteiger partial charge in [0.25, 0.3) is 5.69 Å². The van der Waals surface area contributed by atoms with Crippen LogP contribution in [0.4, 0.5) is 13.2 Å². The molecule has 2 N–H and O–H groups in total. The smallest absolute Gasteiger partial charge is 0.416 e. The van der Waals surface area contributed by atoms with Gasteiger partial charge in [0.1, 0.15) is 17.8 Å². The normalized spacial score (nSPS) is 12.6. The van der Waals surface area contributed by atoms with Crippen LogP contribution in [-0.2, 0) is 6.18 Å². The molecule has 0 aliphatic heterocycles. The van der Waals surface area contributed by atoms with Crippen LogP contribution >= 0.6 is 23.2 Å². The van der Waals surface area contributed by atoms with Crippen molar-refractivity contribution >= 4 is 29.4 Å². The lowest BCUT2D eigenvalue weighted by Gasteiger charge is -2.11. The lowest BCUT2D eigenvalue weighted by Crippen LogP contribution is -2.36. The van der Waals surface area contributed by atoms with Crippen molar-refractivity contribution in [1.82, 2.24) is 9.90 Å². The van der Waals surface area contributed by atoms with Crippen molar-refractivity contribution in [3.63, 3.8) is 0 Å². The van der Waals surface area contributed by atoms with Crippen LogP contribution in [0.15, 0.2) is 34.7 Å². The second-order valence-electron chi connectivity index (χ2n) is 4.78. The first-order chi connectivity index (χ1) is 12.6. The van der Waals surface area contributed by atoms with E-state index in [4.69, 9.17) is 39.5 Å². The van der Waals surface area contributed by atoms with Crippen LogP contribution in [0, 0.1) is 27.9 Å². The number of nitrogens with zero attached hydrogens (tertiary/aromatic N) is 6. The maximum Gasteiger partial charge on any atom is 0.416 e. The molecular weight excluding hydrogens is 410 g/mol. The molecule has 0 radical (unpaired) electrons. The van der Waals surface area contributed by atoms with Crippen molar-refractivity contribution in [2.24, 2.45) is 10.7 Å². The summed E-state index contributed by atoms with van der Waals surface area (Å²) in [6.07, 6.45) is -2.83. The number of allylic oxidation sites excluding steroid dienone is 2. The van der Waals surface area contributed by atoms with E-state index in [1.165, 1.54) is 6.07 Å². The number of hydrogen-bond acceptors (Lipinski definition) is 6. The van der Waals surface area contributed by atoms with Gasteiger partial charge in [-0.1, -0.05) is 23.2 Å². The van der Waals surface area contributed by atoms with Gasteiger partial charge in [0.05, 0.1) is 26.9 Å². The van der Waals surface area contributed by atoms with Crippen molar-refractivity contribution in [2.45, 2.75) is 6.18 Å². The molecule has 1 heterocycles. The van der Waals surface area contributed by atoms with Crippen LogP contribution in [0.3, 0.4) is 0 Å². The summed E-state index contributed by atoms with van der Waals surface area (Å²) in [5, 5.41) is 32.3. The second kappa shape index (κ2) is 7.53. The number of nitrogens with two attached hydrogens (primary N) is 1. The van der Waals surface area contributed by atoms with Crippen molar-refractivity contribution in [2.75, 3.05) is 0 Å². The molecule has 8 nitrogen and oxygen atoms in total. The number of aromatic nitrogens is 3. The third-order valence-electron chi connectivity index (χ3n) is 2.99. The van der Waals surface area contributed by atoms with Gasteiger partial charge in [-0.15, -0.1) is 0 Å². The van der Waals surface area contributed by atoms with Crippen LogP contribution in [0.1, 0.15) is 11.3 Å². The number of benzene rings is 1. The zero-order valence-electron chi connectivity index (χ0n) is 12.9. The molecule has 13 heteroatoms. The Balaban J connectivity index is 2.50. The molecule has 0 aliphatic rings. The van der Waals surface area contributed by atoms with Crippen LogP contribution in [-0.4, -0.2) is 16.1 Å². The molecule has 0 aliphatic carbocycles. The van der Waals surface area contributed by atoms with Gasteiger partial charge in [-0.3, -0.25) is 0 Å². The van der Waals surface area contributed by atoms with Crippen molar-refractivity contribution < 1.29 is 18.0 Å². The fourth-order valence-electron chi connectivity index (χ4n) is 1.82. The SMILES string of the molecule is N#CC(N)=C(C#N)N=Cc1c[n+]([O-])n(-c2c(Cl)cc(C(F)(F)F)cc2Cl)n1. The van der Waals surface area contributed by atoms with Gasteiger partial charge in [-0.25, -0.2) is 4.99 Å². The predicted molar refractivity (Wildman–Crippen MR) is 87.6 cm³/mol. The van der Waals surface area contributed by atoms with E-state index in [0.717, 1.165) is 12.4 Å². The van der Waals surface area contributed by atoms with Gasteiger partial charge in [0, 0.05) is 0 Å². The lowest BCUT2D eigenvalue weighted by atomic mass is 10.2.